The van der Waals surface area contributed by atoms with E-state index in [1.165, 1.54) is 36.4 Å². The van der Waals surface area contributed by atoms with Gasteiger partial charge in [-0.25, -0.2) is 13.2 Å². The van der Waals surface area contributed by atoms with E-state index in [0.29, 0.717) is 10.9 Å². The van der Waals surface area contributed by atoms with Gasteiger partial charge in [-0.1, -0.05) is 31.5 Å². The van der Waals surface area contributed by atoms with Crippen LogP contribution in [0.5, 0.6) is 5.75 Å². The lowest BCUT2D eigenvalue weighted by molar-refractivity contribution is 0.318. The van der Waals surface area contributed by atoms with Gasteiger partial charge in [0, 0.05) is 5.39 Å². The van der Waals surface area contributed by atoms with Crippen molar-refractivity contribution in [2.45, 2.75) is 44.9 Å². The molecule has 0 unspecified atom stereocenters. The van der Waals surface area contributed by atoms with Gasteiger partial charge in [0.15, 0.2) is 11.6 Å². The lowest BCUT2D eigenvalue weighted by Crippen LogP contribution is -2.13. The summed E-state index contributed by atoms with van der Waals surface area (Å²) in [6, 6.07) is 10.2. The minimum atomic E-state index is -0.733. The van der Waals surface area contributed by atoms with Crippen LogP contribution in [0.4, 0.5) is 13.2 Å². The van der Waals surface area contributed by atoms with Gasteiger partial charge in [-0.05, 0) is 78.3 Å². The maximum atomic E-state index is 14.9. The summed E-state index contributed by atoms with van der Waals surface area (Å²) >= 11 is 0. The molecule has 3 aromatic carbocycles. The number of halogens is 3. The minimum absolute atomic E-state index is 0.0959. The molecule has 0 aromatic heterocycles. The van der Waals surface area contributed by atoms with Gasteiger partial charge >= 0.3 is 0 Å². The third-order valence-corrected chi connectivity index (χ3v) is 6.18. The number of phenols is 1. The summed E-state index contributed by atoms with van der Waals surface area (Å²) in [5.41, 5.74) is 0.986. The Hall–Kier alpha value is -2.49. The first kappa shape index (κ1) is 18.9. The Balaban J connectivity index is 1.69. The van der Waals surface area contributed by atoms with Gasteiger partial charge in [0.25, 0.3) is 0 Å². The molecule has 0 heterocycles. The summed E-state index contributed by atoms with van der Waals surface area (Å²) in [4.78, 5) is 0. The Labute approximate surface area is 162 Å². The van der Waals surface area contributed by atoms with E-state index in [4.69, 9.17) is 0 Å². The summed E-state index contributed by atoms with van der Waals surface area (Å²) in [7, 11) is 0. The molecule has 0 atom stereocenters. The third kappa shape index (κ3) is 3.36. The number of hydrogen-bond donors (Lipinski definition) is 1. The monoisotopic (exact) mass is 384 g/mol. The largest absolute Gasteiger partial charge is 0.505 e. The van der Waals surface area contributed by atoms with Crippen molar-refractivity contribution < 1.29 is 18.3 Å². The minimum Gasteiger partial charge on any atom is -0.505 e. The number of rotatable bonds is 3. The van der Waals surface area contributed by atoms with Crippen LogP contribution in [0.25, 0.3) is 21.9 Å². The summed E-state index contributed by atoms with van der Waals surface area (Å²) in [5, 5.41) is 10.2. The quantitative estimate of drug-likeness (QED) is 0.502. The van der Waals surface area contributed by atoms with Crippen LogP contribution in [-0.2, 0) is 0 Å². The SMILES string of the molecule is CCC1CCC(c2cc(F)c(-c3ccc4c(F)c(O)ccc4c3)c(F)c2)CC1. The fourth-order valence-corrected chi connectivity index (χ4v) is 4.44. The van der Waals surface area contributed by atoms with E-state index in [1.807, 2.05) is 0 Å². The fourth-order valence-electron chi connectivity index (χ4n) is 4.44. The van der Waals surface area contributed by atoms with Crippen molar-refractivity contribution in [3.8, 4) is 16.9 Å². The molecule has 146 valence electrons. The van der Waals surface area contributed by atoms with Crippen molar-refractivity contribution in [1.29, 1.82) is 0 Å². The number of aromatic hydroxyl groups is 1. The van der Waals surface area contributed by atoms with Gasteiger partial charge < -0.3 is 5.11 Å². The predicted octanol–water partition coefficient (Wildman–Crippen LogP) is 7.31. The third-order valence-electron chi connectivity index (χ3n) is 6.18. The fraction of sp³-hybridized carbons (Fsp3) is 0.333. The molecule has 1 nitrogen and oxygen atoms in total. The molecule has 28 heavy (non-hydrogen) atoms. The molecule has 0 amide bonds. The van der Waals surface area contributed by atoms with Crippen LogP contribution in [0.3, 0.4) is 0 Å². The van der Waals surface area contributed by atoms with Crippen molar-refractivity contribution in [1.82, 2.24) is 0 Å². The van der Waals surface area contributed by atoms with Crippen molar-refractivity contribution in [3.63, 3.8) is 0 Å². The topological polar surface area (TPSA) is 20.2 Å². The standard InChI is InChI=1S/C24H23F3O/c1-2-14-3-5-15(6-4-14)18-12-20(25)23(21(26)13-18)17-7-9-19-16(11-17)8-10-22(28)24(19)27/h7-15,28H,2-6H2,1H3. The van der Waals surface area contributed by atoms with Crippen molar-refractivity contribution in [2.24, 2.45) is 5.92 Å². The average molecular weight is 384 g/mol. The molecule has 4 rings (SSSR count). The highest BCUT2D eigenvalue weighted by Crippen LogP contribution is 2.39. The van der Waals surface area contributed by atoms with E-state index >= 15 is 0 Å². The Morgan fingerprint density at radius 2 is 1.57 bits per heavy atom. The van der Waals surface area contributed by atoms with Crippen molar-refractivity contribution in [2.75, 3.05) is 0 Å². The molecule has 1 fully saturated rings. The molecule has 3 aromatic rings. The van der Waals surface area contributed by atoms with Gasteiger partial charge in [0.1, 0.15) is 11.6 Å². The normalized spacial score (nSPS) is 19.9. The summed E-state index contributed by atoms with van der Waals surface area (Å²) in [5.74, 6) is -1.43. The number of hydrogen-bond acceptors (Lipinski definition) is 1. The van der Waals surface area contributed by atoms with E-state index in [1.54, 1.807) is 6.07 Å². The van der Waals surface area contributed by atoms with E-state index < -0.39 is 23.2 Å². The molecular weight excluding hydrogens is 361 g/mol. The Morgan fingerprint density at radius 1 is 0.893 bits per heavy atom. The van der Waals surface area contributed by atoms with Gasteiger partial charge in [-0.2, -0.15) is 0 Å². The second kappa shape index (κ2) is 7.50. The summed E-state index contributed by atoms with van der Waals surface area (Å²) in [6.45, 7) is 2.19. The molecule has 1 saturated carbocycles. The van der Waals surface area contributed by atoms with Gasteiger partial charge in [0.05, 0.1) is 5.56 Å². The van der Waals surface area contributed by atoms with Gasteiger partial charge in [-0.15, -0.1) is 0 Å². The van der Waals surface area contributed by atoms with Gasteiger partial charge in [-0.3, -0.25) is 0 Å². The zero-order valence-corrected chi connectivity index (χ0v) is 15.8. The zero-order valence-electron chi connectivity index (χ0n) is 15.8. The summed E-state index contributed by atoms with van der Waals surface area (Å²) in [6.07, 6.45) is 5.31. The Kier molecular flexibility index (Phi) is 5.05. The second-order valence-electron chi connectivity index (χ2n) is 7.82. The number of fused-ring (bicyclic) bond motifs is 1. The maximum absolute atomic E-state index is 14.9. The molecule has 0 spiro atoms. The first-order valence-electron chi connectivity index (χ1n) is 9.88. The predicted molar refractivity (Wildman–Crippen MR) is 106 cm³/mol. The van der Waals surface area contributed by atoms with E-state index in [-0.39, 0.29) is 16.9 Å². The first-order chi connectivity index (χ1) is 13.5. The van der Waals surface area contributed by atoms with E-state index in [0.717, 1.165) is 43.6 Å². The molecule has 0 saturated heterocycles. The van der Waals surface area contributed by atoms with Crippen molar-refractivity contribution in [3.05, 3.63) is 65.5 Å². The van der Waals surface area contributed by atoms with Gasteiger partial charge in [0.2, 0.25) is 0 Å². The highest BCUT2D eigenvalue weighted by molar-refractivity contribution is 5.89. The Morgan fingerprint density at radius 3 is 2.21 bits per heavy atom. The van der Waals surface area contributed by atoms with Crippen LogP contribution in [-0.4, -0.2) is 5.11 Å². The molecular formula is C24H23F3O. The maximum Gasteiger partial charge on any atom is 0.172 e. The van der Waals surface area contributed by atoms with Crippen LogP contribution in [0.1, 0.15) is 50.5 Å². The van der Waals surface area contributed by atoms with Crippen LogP contribution < -0.4 is 0 Å². The lowest BCUT2D eigenvalue weighted by atomic mass is 9.77. The molecule has 1 N–H and O–H groups in total. The van der Waals surface area contributed by atoms with Crippen LogP contribution in [0.2, 0.25) is 0 Å². The highest BCUT2D eigenvalue weighted by Gasteiger charge is 2.24. The average Bonchev–Trinajstić information content (AvgIpc) is 2.70. The smallest absolute Gasteiger partial charge is 0.172 e. The molecule has 1 aliphatic carbocycles. The van der Waals surface area contributed by atoms with Crippen LogP contribution in [0, 0.1) is 23.4 Å². The Bertz CT molecular complexity index is 997. The van der Waals surface area contributed by atoms with Crippen LogP contribution in [0.15, 0.2) is 42.5 Å². The van der Waals surface area contributed by atoms with Crippen molar-refractivity contribution >= 4 is 10.8 Å². The van der Waals surface area contributed by atoms with E-state index in [2.05, 4.69) is 6.92 Å². The number of benzene rings is 3. The summed E-state index contributed by atoms with van der Waals surface area (Å²) < 4.78 is 43.8. The molecule has 0 bridgehead atoms. The zero-order chi connectivity index (χ0) is 19.8. The second-order valence-corrected chi connectivity index (χ2v) is 7.82. The molecule has 4 heteroatoms. The molecule has 0 radical (unpaired) electrons. The lowest BCUT2D eigenvalue weighted by Gasteiger charge is -2.28. The first-order valence-corrected chi connectivity index (χ1v) is 9.88. The molecule has 0 aliphatic heterocycles. The highest BCUT2D eigenvalue weighted by atomic mass is 19.1. The van der Waals surface area contributed by atoms with Crippen LogP contribution >= 0.6 is 0 Å². The number of phenolic OH excluding ortho intramolecular Hbond substituents is 1. The molecule has 1 aliphatic rings. The van der Waals surface area contributed by atoms with E-state index in [9.17, 15) is 18.3 Å².